The maximum absolute atomic E-state index is 9.80. The van der Waals surface area contributed by atoms with E-state index >= 15 is 0 Å². The molecule has 4 aromatic heterocycles. The number of rotatable bonds is 7. The van der Waals surface area contributed by atoms with Gasteiger partial charge in [-0.3, -0.25) is 9.97 Å². The highest BCUT2D eigenvalue weighted by Gasteiger charge is 2.14. The summed E-state index contributed by atoms with van der Waals surface area (Å²) in [7, 11) is 0. The van der Waals surface area contributed by atoms with Crippen molar-refractivity contribution < 1.29 is 5.11 Å². The number of H-pyrrole nitrogens is 1. The first-order valence-electron chi connectivity index (χ1n) is 8.87. The van der Waals surface area contributed by atoms with Gasteiger partial charge in [0.1, 0.15) is 11.5 Å². The lowest BCUT2D eigenvalue weighted by atomic mass is 10.1. The van der Waals surface area contributed by atoms with Gasteiger partial charge < -0.3 is 15.4 Å². The van der Waals surface area contributed by atoms with Crippen molar-refractivity contribution in [1.29, 1.82) is 0 Å². The molecule has 0 aliphatic heterocycles. The van der Waals surface area contributed by atoms with Crippen LogP contribution in [0.5, 0.6) is 0 Å². The van der Waals surface area contributed by atoms with Crippen LogP contribution >= 0.6 is 0 Å². The molecule has 0 saturated heterocycles. The van der Waals surface area contributed by atoms with Gasteiger partial charge in [-0.2, -0.15) is 0 Å². The SMILES string of the molecule is OCC(Cc1cnc[nH]1)Nc1cc(-c2cccnc2)nc(-c2ccccn2)n1. The van der Waals surface area contributed by atoms with Crippen molar-refractivity contribution in [2.24, 2.45) is 0 Å². The van der Waals surface area contributed by atoms with Crippen LogP contribution in [-0.4, -0.2) is 47.7 Å². The van der Waals surface area contributed by atoms with Crippen LogP contribution in [-0.2, 0) is 6.42 Å². The molecule has 8 nitrogen and oxygen atoms in total. The molecular weight excluding hydrogens is 354 g/mol. The Labute approximate surface area is 161 Å². The first-order chi connectivity index (χ1) is 13.8. The Morgan fingerprint density at radius 3 is 2.68 bits per heavy atom. The molecule has 0 bridgehead atoms. The molecule has 140 valence electrons. The highest BCUT2D eigenvalue weighted by atomic mass is 16.3. The van der Waals surface area contributed by atoms with E-state index in [4.69, 9.17) is 0 Å². The van der Waals surface area contributed by atoms with Crippen LogP contribution < -0.4 is 5.32 Å². The summed E-state index contributed by atoms with van der Waals surface area (Å²) in [6, 6.07) is 11.0. The normalized spacial score (nSPS) is 11.9. The number of hydrogen-bond donors (Lipinski definition) is 3. The van der Waals surface area contributed by atoms with Crippen LogP contribution in [0.4, 0.5) is 5.82 Å². The van der Waals surface area contributed by atoms with Crippen LogP contribution in [0, 0.1) is 0 Å². The zero-order chi connectivity index (χ0) is 19.2. The second-order valence-electron chi connectivity index (χ2n) is 6.22. The summed E-state index contributed by atoms with van der Waals surface area (Å²) in [6.07, 6.45) is 9.12. The van der Waals surface area contributed by atoms with E-state index in [9.17, 15) is 5.11 Å². The number of anilines is 1. The zero-order valence-corrected chi connectivity index (χ0v) is 15.0. The quantitative estimate of drug-likeness (QED) is 0.456. The third kappa shape index (κ3) is 4.18. The number of aromatic nitrogens is 6. The molecule has 28 heavy (non-hydrogen) atoms. The number of aliphatic hydroxyl groups is 1. The number of imidazole rings is 1. The Kier molecular flexibility index (Phi) is 5.30. The second-order valence-corrected chi connectivity index (χ2v) is 6.22. The highest BCUT2D eigenvalue weighted by molar-refractivity contribution is 5.65. The maximum atomic E-state index is 9.80. The predicted octanol–water partition coefficient (Wildman–Crippen LogP) is 2.34. The van der Waals surface area contributed by atoms with Gasteiger partial charge in [0.05, 0.1) is 24.7 Å². The lowest BCUT2D eigenvalue weighted by molar-refractivity contribution is 0.273. The smallest absolute Gasteiger partial charge is 0.180 e. The van der Waals surface area contributed by atoms with Crippen molar-refractivity contribution in [3.8, 4) is 22.8 Å². The summed E-state index contributed by atoms with van der Waals surface area (Å²) in [4.78, 5) is 24.8. The van der Waals surface area contributed by atoms with E-state index in [0.29, 0.717) is 23.8 Å². The summed E-state index contributed by atoms with van der Waals surface area (Å²) in [6.45, 7) is -0.0514. The standard InChI is InChI=1S/C20H19N7O/c28-12-16(8-15-11-22-13-24-15)25-19-9-18(14-4-3-6-21-10-14)26-20(27-19)17-5-1-2-7-23-17/h1-7,9-11,13,16,28H,8,12H2,(H,22,24)(H,25,26,27). The number of nitrogens with one attached hydrogen (secondary N) is 2. The molecule has 0 radical (unpaired) electrons. The van der Waals surface area contributed by atoms with Crippen molar-refractivity contribution in [1.82, 2.24) is 29.9 Å². The van der Waals surface area contributed by atoms with E-state index in [2.05, 4.69) is 35.2 Å². The molecule has 4 aromatic rings. The number of aliphatic hydroxyl groups excluding tert-OH is 1. The Morgan fingerprint density at radius 2 is 1.96 bits per heavy atom. The summed E-state index contributed by atoms with van der Waals surface area (Å²) in [5, 5.41) is 13.1. The van der Waals surface area contributed by atoms with Crippen LogP contribution in [0.3, 0.4) is 0 Å². The summed E-state index contributed by atoms with van der Waals surface area (Å²) >= 11 is 0. The molecule has 0 spiro atoms. The Morgan fingerprint density at radius 1 is 1.00 bits per heavy atom. The van der Waals surface area contributed by atoms with Gasteiger partial charge in [-0.25, -0.2) is 15.0 Å². The van der Waals surface area contributed by atoms with Gasteiger partial charge in [-0.05, 0) is 24.3 Å². The third-order valence-electron chi connectivity index (χ3n) is 4.17. The minimum Gasteiger partial charge on any atom is -0.394 e. The van der Waals surface area contributed by atoms with Crippen LogP contribution in [0.2, 0.25) is 0 Å². The molecule has 0 saturated carbocycles. The third-order valence-corrected chi connectivity index (χ3v) is 4.17. The number of pyridine rings is 2. The minimum atomic E-state index is -0.228. The molecule has 0 aliphatic carbocycles. The average Bonchev–Trinajstić information content (AvgIpc) is 3.27. The van der Waals surface area contributed by atoms with Gasteiger partial charge in [0.15, 0.2) is 5.82 Å². The molecule has 4 rings (SSSR count). The molecule has 1 unspecified atom stereocenters. The van der Waals surface area contributed by atoms with Gasteiger partial charge in [0, 0.05) is 48.5 Å². The van der Waals surface area contributed by atoms with E-state index < -0.39 is 0 Å². The van der Waals surface area contributed by atoms with Gasteiger partial charge >= 0.3 is 0 Å². The number of aromatic amines is 1. The fraction of sp³-hybridized carbons (Fsp3) is 0.150. The Bertz CT molecular complexity index is 950. The monoisotopic (exact) mass is 373 g/mol. The van der Waals surface area contributed by atoms with Crippen LogP contribution in [0.15, 0.2) is 67.5 Å². The fourth-order valence-corrected chi connectivity index (χ4v) is 2.83. The lowest BCUT2D eigenvalue weighted by Gasteiger charge is -2.17. The minimum absolute atomic E-state index is 0.0514. The lowest BCUT2D eigenvalue weighted by Crippen LogP contribution is -2.27. The van der Waals surface area contributed by atoms with Gasteiger partial charge in [0.2, 0.25) is 0 Å². The summed E-state index contributed by atoms with van der Waals surface area (Å²) in [5.74, 6) is 1.11. The Balaban J connectivity index is 1.69. The molecule has 0 fully saturated rings. The molecular formula is C20H19N7O. The summed E-state index contributed by atoms with van der Waals surface area (Å²) in [5.41, 5.74) is 3.20. The summed E-state index contributed by atoms with van der Waals surface area (Å²) < 4.78 is 0. The maximum Gasteiger partial charge on any atom is 0.180 e. The van der Waals surface area contributed by atoms with Crippen LogP contribution in [0.25, 0.3) is 22.8 Å². The molecule has 0 aliphatic rings. The average molecular weight is 373 g/mol. The first-order valence-corrected chi connectivity index (χ1v) is 8.87. The largest absolute Gasteiger partial charge is 0.394 e. The van der Waals surface area contributed by atoms with Gasteiger partial charge in [0.25, 0.3) is 0 Å². The predicted molar refractivity (Wildman–Crippen MR) is 105 cm³/mol. The topological polar surface area (TPSA) is 113 Å². The van der Waals surface area contributed by atoms with E-state index in [0.717, 1.165) is 17.0 Å². The van der Waals surface area contributed by atoms with E-state index in [1.807, 2.05) is 36.4 Å². The molecule has 1 atom stereocenters. The number of nitrogens with zero attached hydrogens (tertiary/aromatic N) is 5. The van der Waals surface area contributed by atoms with Crippen molar-refractivity contribution in [2.45, 2.75) is 12.5 Å². The molecule has 8 heteroatoms. The van der Waals surface area contributed by atoms with E-state index in [-0.39, 0.29) is 12.6 Å². The molecule has 4 heterocycles. The zero-order valence-electron chi connectivity index (χ0n) is 15.0. The Hall–Kier alpha value is -3.65. The van der Waals surface area contributed by atoms with Crippen molar-refractivity contribution >= 4 is 5.82 Å². The number of hydrogen-bond acceptors (Lipinski definition) is 7. The van der Waals surface area contributed by atoms with Crippen molar-refractivity contribution in [3.05, 3.63) is 73.2 Å². The molecule has 0 aromatic carbocycles. The highest BCUT2D eigenvalue weighted by Crippen LogP contribution is 2.23. The first kappa shape index (κ1) is 17.7. The van der Waals surface area contributed by atoms with Gasteiger partial charge in [-0.15, -0.1) is 0 Å². The van der Waals surface area contributed by atoms with Crippen molar-refractivity contribution in [3.63, 3.8) is 0 Å². The van der Waals surface area contributed by atoms with Crippen LogP contribution in [0.1, 0.15) is 5.69 Å². The van der Waals surface area contributed by atoms with E-state index in [1.165, 1.54) is 0 Å². The van der Waals surface area contributed by atoms with Crippen molar-refractivity contribution in [2.75, 3.05) is 11.9 Å². The van der Waals surface area contributed by atoms with E-state index in [1.54, 1.807) is 31.1 Å². The van der Waals surface area contributed by atoms with Gasteiger partial charge in [-0.1, -0.05) is 6.07 Å². The molecule has 3 N–H and O–H groups in total. The fourth-order valence-electron chi connectivity index (χ4n) is 2.83. The molecule has 0 amide bonds. The second kappa shape index (κ2) is 8.36.